The molecular weight excluding hydrogens is 260 g/mol. The molecule has 4 nitrogen and oxygen atoms in total. The van der Waals surface area contributed by atoms with Crippen molar-refractivity contribution in [3.05, 3.63) is 11.4 Å². The maximum absolute atomic E-state index is 4.77. The van der Waals surface area contributed by atoms with E-state index in [1.165, 1.54) is 25.7 Å². The van der Waals surface area contributed by atoms with Crippen molar-refractivity contribution in [2.75, 3.05) is 17.2 Å². The lowest BCUT2D eigenvalue weighted by atomic mass is 9.87. The third kappa shape index (κ3) is 4.08. The molecule has 0 atom stereocenters. The molecule has 1 aromatic heterocycles. The Kier molecular flexibility index (Phi) is 5.43. The van der Waals surface area contributed by atoms with E-state index in [0.717, 1.165) is 35.5 Å². The van der Waals surface area contributed by atoms with E-state index >= 15 is 0 Å². The summed E-state index contributed by atoms with van der Waals surface area (Å²) in [5.41, 5.74) is 1.14. The average Bonchev–Trinajstić information content (AvgIpc) is 2.45. The van der Waals surface area contributed by atoms with Gasteiger partial charge in [-0.2, -0.15) is 0 Å². The van der Waals surface area contributed by atoms with Crippen molar-refractivity contribution < 1.29 is 0 Å². The lowest BCUT2D eigenvalue weighted by Crippen LogP contribution is -2.26. The largest absolute Gasteiger partial charge is 0.370 e. The lowest BCUT2D eigenvalue weighted by molar-refractivity contribution is 0.360. The third-order valence-corrected chi connectivity index (χ3v) is 4.38. The van der Waals surface area contributed by atoms with E-state index < -0.39 is 0 Å². The Labute approximate surface area is 129 Å². The van der Waals surface area contributed by atoms with E-state index in [9.17, 15) is 0 Å². The van der Waals surface area contributed by atoms with Gasteiger partial charge in [-0.25, -0.2) is 9.97 Å². The highest BCUT2D eigenvalue weighted by atomic mass is 15.1. The first-order chi connectivity index (χ1) is 10.0. The maximum atomic E-state index is 4.77. The van der Waals surface area contributed by atoms with Gasteiger partial charge in [0.15, 0.2) is 0 Å². The molecule has 1 fully saturated rings. The molecule has 0 bridgehead atoms. The summed E-state index contributed by atoms with van der Waals surface area (Å²) in [5, 5.41) is 7.04. The minimum absolute atomic E-state index is 0.343. The molecule has 0 saturated heterocycles. The normalized spacial score (nSPS) is 22.4. The second kappa shape index (κ2) is 7.10. The molecule has 0 unspecified atom stereocenters. The number of nitrogens with zero attached hydrogens (tertiary/aromatic N) is 2. The van der Waals surface area contributed by atoms with E-state index in [2.05, 4.69) is 50.2 Å². The minimum atomic E-state index is 0.343. The third-order valence-electron chi connectivity index (χ3n) is 4.38. The predicted octanol–water partition coefficient (Wildman–Crippen LogP) is 4.33. The van der Waals surface area contributed by atoms with Gasteiger partial charge in [-0.3, -0.25) is 0 Å². The molecule has 2 N–H and O–H groups in total. The molecular formula is C17H30N4. The summed E-state index contributed by atoms with van der Waals surface area (Å²) in [5.74, 6) is 4.13. The van der Waals surface area contributed by atoms with Gasteiger partial charge >= 0.3 is 0 Å². The summed E-state index contributed by atoms with van der Waals surface area (Å²) in [6.07, 6.45) is 5.13. The summed E-state index contributed by atoms with van der Waals surface area (Å²) < 4.78 is 0. The van der Waals surface area contributed by atoms with Crippen LogP contribution in [0.5, 0.6) is 0 Å². The van der Waals surface area contributed by atoms with Gasteiger partial charge < -0.3 is 10.6 Å². The van der Waals surface area contributed by atoms with Crippen molar-refractivity contribution in [2.24, 2.45) is 5.92 Å². The highest BCUT2D eigenvalue weighted by Crippen LogP contribution is 2.28. The van der Waals surface area contributed by atoms with E-state index in [4.69, 9.17) is 4.98 Å². The van der Waals surface area contributed by atoms with Crippen molar-refractivity contribution in [1.82, 2.24) is 9.97 Å². The minimum Gasteiger partial charge on any atom is -0.370 e. The van der Waals surface area contributed by atoms with Gasteiger partial charge in [0.05, 0.1) is 0 Å². The highest BCUT2D eigenvalue weighted by molar-refractivity contribution is 5.57. The fourth-order valence-corrected chi connectivity index (χ4v) is 2.87. The van der Waals surface area contributed by atoms with Crippen molar-refractivity contribution >= 4 is 11.6 Å². The van der Waals surface area contributed by atoms with Gasteiger partial charge in [-0.05, 0) is 45.4 Å². The van der Waals surface area contributed by atoms with Crippen LogP contribution in [-0.2, 0) is 0 Å². The van der Waals surface area contributed by atoms with E-state index in [-0.39, 0.29) is 0 Å². The Hall–Kier alpha value is -1.32. The first-order valence-electron chi connectivity index (χ1n) is 8.40. The molecule has 2 rings (SSSR count). The lowest BCUT2D eigenvalue weighted by Gasteiger charge is -2.28. The number of nitrogens with one attached hydrogen (secondary N) is 2. The average molecular weight is 290 g/mol. The molecule has 1 aliphatic carbocycles. The van der Waals surface area contributed by atoms with E-state index in [0.29, 0.717) is 12.0 Å². The van der Waals surface area contributed by atoms with Crippen LogP contribution >= 0.6 is 0 Å². The molecule has 1 aromatic rings. The summed E-state index contributed by atoms with van der Waals surface area (Å²) >= 11 is 0. The van der Waals surface area contributed by atoms with E-state index in [1.807, 2.05) is 0 Å². The predicted molar refractivity (Wildman–Crippen MR) is 90.1 cm³/mol. The van der Waals surface area contributed by atoms with Gasteiger partial charge in [0.25, 0.3) is 0 Å². The molecule has 1 heterocycles. The van der Waals surface area contributed by atoms with Crippen molar-refractivity contribution in [1.29, 1.82) is 0 Å². The molecule has 4 heteroatoms. The second-order valence-electron chi connectivity index (χ2n) is 6.69. The van der Waals surface area contributed by atoms with Crippen molar-refractivity contribution in [3.63, 3.8) is 0 Å². The van der Waals surface area contributed by atoms with E-state index in [1.54, 1.807) is 0 Å². The fraction of sp³-hybridized carbons (Fsp3) is 0.765. The number of hydrogen-bond acceptors (Lipinski definition) is 4. The van der Waals surface area contributed by atoms with Gasteiger partial charge in [0.2, 0.25) is 0 Å². The molecule has 0 aliphatic heterocycles. The zero-order valence-corrected chi connectivity index (χ0v) is 14.2. The molecule has 0 aromatic carbocycles. The van der Waals surface area contributed by atoms with Gasteiger partial charge in [0, 0.05) is 24.1 Å². The molecule has 1 saturated carbocycles. The first-order valence-corrected chi connectivity index (χ1v) is 8.40. The Morgan fingerprint density at radius 1 is 1.10 bits per heavy atom. The molecule has 1 aliphatic rings. The summed E-state index contributed by atoms with van der Waals surface area (Å²) in [4.78, 5) is 9.43. The Morgan fingerprint density at radius 2 is 1.71 bits per heavy atom. The quantitative estimate of drug-likeness (QED) is 0.847. The van der Waals surface area contributed by atoms with Crippen LogP contribution in [-0.4, -0.2) is 22.6 Å². The highest BCUT2D eigenvalue weighted by Gasteiger charge is 2.20. The Balaban J connectivity index is 2.20. The number of anilines is 2. The van der Waals surface area contributed by atoms with Crippen LogP contribution in [0.15, 0.2) is 0 Å². The molecule has 0 radical (unpaired) electrons. The maximum Gasteiger partial charge on any atom is 0.135 e. The monoisotopic (exact) mass is 290 g/mol. The zero-order valence-electron chi connectivity index (χ0n) is 14.2. The fourth-order valence-electron chi connectivity index (χ4n) is 2.87. The zero-order chi connectivity index (χ0) is 15.4. The van der Waals surface area contributed by atoms with Gasteiger partial charge in [-0.1, -0.05) is 20.8 Å². The van der Waals surface area contributed by atoms with Crippen LogP contribution in [0.25, 0.3) is 0 Å². The topological polar surface area (TPSA) is 49.8 Å². The van der Waals surface area contributed by atoms with Crippen LogP contribution in [0, 0.1) is 12.8 Å². The summed E-state index contributed by atoms with van der Waals surface area (Å²) in [6.45, 7) is 11.7. The van der Waals surface area contributed by atoms with Crippen LogP contribution in [0.2, 0.25) is 0 Å². The number of rotatable bonds is 5. The molecule has 0 spiro atoms. The summed E-state index contributed by atoms with van der Waals surface area (Å²) in [7, 11) is 0. The first kappa shape index (κ1) is 16.1. The van der Waals surface area contributed by atoms with Gasteiger partial charge in [-0.15, -0.1) is 0 Å². The number of hydrogen-bond donors (Lipinski definition) is 2. The van der Waals surface area contributed by atoms with Crippen LogP contribution in [0.3, 0.4) is 0 Å². The van der Waals surface area contributed by atoms with Crippen LogP contribution in [0.1, 0.15) is 70.7 Å². The van der Waals surface area contributed by atoms with Crippen LogP contribution < -0.4 is 10.6 Å². The molecule has 118 valence electrons. The van der Waals surface area contributed by atoms with Gasteiger partial charge in [0.1, 0.15) is 17.5 Å². The summed E-state index contributed by atoms with van der Waals surface area (Å²) in [6, 6.07) is 0.560. The molecule has 0 amide bonds. The SMILES string of the molecule is CCNc1nc(C(C)C)nc(NC2CCC(C)CC2)c1C. The number of aromatic nitrogens is 2. The van der Waals surface area contributed by atoms with Crippen LogP contribution in [0.4, 0.5) is 11.6 Å². The smallest absolute Gasteiger partial charge is 0.135 e. The van der Waals surface area contributed by atoms with Crippen molar-refractivity contribution in [2.45, 2.75) is 72.3 Å². The Morgan fingerprint density at radius 3 is 2.29 bits per heavy atom. The second-order valence-corrected chi connectivity index (χ2v) is 6.69. The Bertz CT molecular complexity index is 462. The standard InChI is InChI=1S/C17H30N4/c1-6-18-16-13(5)17(21-15(20-16)11(2)3)19-14-9-7-12(4)8-10-14/h11-12,14H,6-10H2,1-5H3,(H2,18,19,20,21). The van der Waals surface area contributed by atoms with Crippen molar-refractivity contribution in [3.8, 4) is 0 Å². The molecule has 21 heavy (non-hydrogen) atoms.